The summed E-state index contributed by atoms with van der Waals surface area (Å²) in [7, 11) is -0.224. The van der Waals surface area contributed by atoms with E-state index in [1.54, 1.807) is 17.2 Å². The fourth-order valence-corrected chi connectivity index (χ4v) is 2.99. The summed E-state index contributed by atoms with van der Waals surface area (Å²) in [4.78, 5) is 10.7. The van der Waals surface area contributed by atoms with Crippen LogP contribution in [-0.4, -0.2) is 59.2 Å². The van der Waals surface area contributed by atoms with Gasteiger partial charge in [-0.2, -0.15) is 17.8 Å². The molecule has 0 unspecified atom stereocenters. The molecule has 9 nitrogen and oxygen atoms in total. The van der Waals surface area contributed by atoms with Crippen LogP contribution in [0.5, 0.6) is 0 Å². The van der Waals surface area contributed by atoms with Gasteiger partial charge >= 0.3 is 0 Å². The van der Waals surface area contributed by atoms with Crippen LogP contribution in [0.1, 0.15) is 6.42 Å². The smallest absolute Gasteiger partial charge is 0.276 e. The molecule has 0 aromatic carbocycles. The van der Waals surface area contributed by atoms with Crippen LogP contribution in [0, 0.1) is 5.92 Å². The van der Waals surface area contributed by atoms with Crippen LogP contribution in [0.2, 0.25) is 0 Å². The number of nitrogens with zero attached hydrogens (tertiary/aromatic N) is 6. The van der Waals surface area contributed by atoms with E-state index in [2.05, 4.69) is 20.0 Å². The van der Waals surface area contributed by atoms with Crippen molar-refractivity contribution in [3.63, 3.8) is 0 Å². The minimum Gasteiger partial charge on any atom is -0.354 e. The molecule has 1 saturated heterocycles. The van der Waals surface area contributed by atoms with Crippen LogP contribution >= 0.6 is 0 Å². The summed E-state index contributed by atoms with van der Waals surface area (Å²) in [5, 5.41) is 9.27. The fourth-order valence-electron chi connectivity index (χ4n) is 2.64. The Morgan fingerprint density at radius 2 is 2.14 bits per heavy atom. The van der Waals surface area contributed by atoms with E-state index in [1.807, 2.05) is 7.05 Å². The van der Waals surface area contributed by atoms with Crippen LogP contribution in [-0.2, 0) is 17.3 Å². The molecule has 0 bridgehead atoms. The lowest BCUT2D eigenvalue weighted by Crippen LogP contribution is -2.48. The van der Waals surface area contributed by atoms with Crippen molar-refractivity contribution in [3.05, 3.63) is 12.5 Å². The molecule has 1 aliphatic rings. The maximum atomic E-state index is 11.2. The summed E-state index contributed by atoms with van der Waals surface area (Å²) in [5.41, 5.74) is 1.74. The highest BCUT2D eigenvalue weighted by molar-refractivity contribution is 7.86. The number of rotatable bonds is 5. The Bertz CT molecular complexity index is 782. The molecule has 2 aromatic heterocycles. The van der Waals surface area contributed by atoms with E-state index in [1.165, 1.54) is 11.4 Å². The van der Waals surface area contributed by atoms with Gasteiger partial charge in [-0.25, -0.2) is 15.1 Å². The molecule has 10 heteroatoms. The molecular formula is C12H19N7O2S. The molecule has 22 heavy (non-hydrogen) atoms. The number of hydrogen-bond donors (Lipinski definition) is 1. The van der Waals surface area contributed by atoms with E-state index in [0.717, 1.165) is 36.4 Å². The van der Waals surface area contributed by atoms with Gasteiger partial charge < -0.3 is 4.90 Å². The van der Waals surface area contributed by atoms with Crippen molar-refractivity contribution in [1.29, 1.82) is 0 Å². The molecule has 1 aliphatic heterocycles. The van der Waals surface area contributed by atoms with Crippen molar-refractivity contribution < 1.29 is 8.42 Å². The van der Waals surface area contributed by atoms with Crippen LogP contribution in [0.25, 0.3) is 11.0 Å². The van der Waals surface area contributed by atoms with Crippen molar-refractivity contribution >= 4 is 27.1 Å². The lowest BCUT2D eigenvalue weighted by Gasteiger charge is -2.40. The number of hydrogen-bond acceptors (Lipinski definition) is 6. The molecule has 0 amide bonds. The minimum atomic E-state index is -3.59. The SMILES string of the molecule is CN(CCC1CN(c2ncnc3cnn(C)c23)C1)S(N)(=O)=O. The Morgan fingerprint density at radius 1 is 1.41 bits per heavy atom. The van der Waals surface area contributed by atoms with Gasteiger partial charge in [0.25, 0.3) is 10.2 Å². The van der Waals surface area contributed by atoms with Gasteiger partial charge in [0.1, 0.15) is 17.4 Å². The molecule has 2 N–H and O–H groups in total. The summed E-state index contributed by atoms with van der Waals surface area (Å²) in [6.07, 6.45) is 4.04. The highest BCUT2D eigenvalue weighted by Crippen LogP contribution is 2.29. The van der Waals surface area contributed by atoms with Crippen molar-refractivity contribution in [2.75, 3.05) is 31.6 Å². The number of nitrogens with two attached hydrogens (primary N) is 1. The van der Waals surface area contributed by atoms with E-state index in [-0.39, 0.29) is 0 Å². The number of fused-ring (bicyclic) bond motifs is 1. The van der Waals surface area contributed by atoms with Gasteiger partial charge in [-0.1, -0.05) is 0 Å². The summed E-state index contributed by atoms with van der Waals surface area (Å²) in [5.74, 6) is 1.31. The van der Waals surface area contributed by atoms with Crippen LogP contribution in [0.4, 0.5) is 5.82 Å². The second-order valence-electron chi connectivity index (χ2n) is 5.63. The first-order valence-electron chi connectivity index (χ1n) is 6.98. The average molecular weight is 325 g/mol. The van der Waals surface area contributed by atoms with Gasteiger partial charge in [-0.15, -0.1) is 0 Å². The van der Waals surface area contributed by atoms with E-state index in [9.17, 15) is 8.42 Å². The zero-order valence-electron chi connectivity index (χ0n) is 12.5. The van der Waals surface area contributed by atoms with Crippen molar-refractivity contribution in [2.24, 2.45) is 18.1 Å². The monoisotopic (exact) mass is 325 g/mol. The second kappa shape index (κ2) is 5.45. The lowest BCUT2D eigenvalue weighted by molar-refractivity contribution is 0.343. The Morgan fingerprint density at radius 3 is 2.82 bits per heavy atom. The first-order chi connectivity index (χ1) is 10.4. The van der Waals surface area contributed by atoms with Gasteiger partial charge in [0.05, 0.1) is 6.20 Å². The lowest BCUT2D eigenvalue weighted by atomic mass is 9.96. The molecule has 0 spiro atoms. The van der Waals surface area contributed by atoms with Crippen LogP contribution in [0.3, 0.4) is 0 Å². The Labute approximate surface area is 128 Å². The third-order valence-corrected chi connectivity index (χ3v) is 5.10. The molecule has 0 saturated carbocycles. The fraction of sp³-hybridized carbons (Fsp3) is 0.583. The minimum absolute atomic E-state index is 0.433. The summed E-state index contributed by atoms with van der Waals surface area (Å²) in [6, 6.07) is 0. The summed E-state index contributed by atoms with van der Waals surface area (Å²) >= 11 is 0. The van der Waals surface area contributed by atoms with Gasteiger partial charge in [0.15, 0.2) is 5.82 Å². The van der Waals surface area contributed by atoms with Gasteiger partial charge in [0.2, 0.25) is 0 Å². The predicted molar refractivity (Wildman–Crippen MR) is 82.4 cm³/mol. The predicted octanol–water partition coefficient (Wildman–Crippen LogP) is -0.675. The van der Waals surface area contributed by atoms with Gasteiger partial charge in [0, 0.05) is 33.7 Å². The molecule has 0 radical (unpaired) electrons. The first-order valence-corrected chi connectivity index (χ1v) is 8.48. The molecule has 0 atom stereocenters. The highest BCUT2D eigenvalue weighted by atomic mass is 32.2. The van der Waals surface area contributed by atoms with E-state index in [0.29, 0.717) is 12.5 Å². The maximum absolute atomic E-state index is 11.2. The largest absolute Gasteiger partial charge is 0.354 e. The van der Waals surface area contributed by atoms with Crippen molar-refractivity contribution in [1.82, 2.24) is 24.1 Å². The Hall–Kier alpha value is -1.78. The normalized spacial score (nSPS) is 16.5. The third-order valence-electron chi connectivity index (χ3n) is 4.05. The standard InChI is InChI=1S/C12H19N7O2S/c1-17(22(13,20)21)4-3-9-6-19(7-9)12-11-10(14-8-15-12)5-16-18(11)2/h5,8-9H,3-4,6-7H2,1-2H3,(H2,13,20,21). The average Bonchev–Trinajstić information content (AvgIpc) is 2.78. The van der Waals surface area contributed by atoms with Crippen LogP contribution in [0.15, 0.2) is 12.5 Å². The number of aryl methyl sites for hydroxylation is 1. The van der Waals surface area contributed by atoms with Crippen molar-refractivity contribution in [3.8, 4) is 0 Å². The zero-order valence-corrected chi connectivity index (χ0v) is 13.4. The quantitative estimate of drug-likeness (QED) is 0.780. The topological polar surface area (TPSA) is 110 Å². The van der Waals surface area contributed by atoms with E-state index in [4.69, 9.17) is 5.14 Å². The number of aromatic nitrogens is 4. The van der Waals surface area contributed by atoms with Gasteiger partial charge in [-0.05, 0) is 12.3 Å². The van der Waals surface area contributed by atoms with E-state index >= 15 is 0 Å². The highest BCUT2D eigenvalue weighted by Gasteiger charge is 2.30. The van der Waals surface area contributed by atoms with Crippen LogP contribution < -0.4 is 10.0 Å². The summed E-state index contributed by atoms with van der Waals surface area (Å²) in [6.45, 7) is 2.12. The molecule has 1 fully saturated rings. The first kappa shape index (κ1) is 15.1. The molecule has 3 rings (SSSR count). The molecule has 3 heterocycles. The van der Waals surface area contributed by atoms with Gasteiger partial charge in [-0.3, -0.25) is 4.68 Å². The maximum Gasteiger partial charge on any atom is 0.276 e. The molecule has 2 aromatic rings. The third kappa shape index (κ3) is 2.76. The number of anilines is 1. The molecular weight excluding hydrogens is 306 g/mol. The Kier molecular flexibility index (Phi) is 3.75. The summed E-state index contributed by atoms with van der Waals surface area (Å²) < 4.78 is 25.3. The Balaban J connectivity index is 1.62. The van der Waals surface area contributed by atoms with Crippen molar-refractivity contribution in [2.45, 2.75) is 6.42 Å². The zero-order chi connectivity index (χ0) is 15.9. The second-order valence-corrected chi connectivity index (χ2v) is 7.28. The molecule has 0 aliphatic carbocycles. The molecule has 120 valence electrons. The van der Waals surface area contributed by atoms with E-state index < -0.39 is 10.2 Å².